The molecule has 1 aromatic carbocycles. The third-order valence-electron chi connectivity index (χ3n) is 4.83. The molecule has 3 rings (SSSR count). The Bertz CT molecular complexity index is 873. The first-order chi connectivity index (χ1) is 11.0. The van der Waals surface area contributed by atoms with Gasteiger partial charge in [0.05, 0.1) is 20.9 Å². The molecule has 0 radical (unpaired) electrons. The highest BCUT2D eigenvalue weighted by Crippen LogP contribution is 2.38. The van der Waals surface area contributed by atoms with Gasteiger partial charge in [0.2, 0.25) is 10.0 Å². The maximum absolute atomic E-state index is 13.3. The van der Waals surface area contributed by atoms with E-state index in [9.17, 15) is 21.2 Å². The normalized spacial score (nSPS) is 30.0. The van der Waals surface area contributed by atoms with Gasteiger partial charge in [-0.25, -0.2) is 21.2 Å². The minimum Gasteiger partial charge on any atom is -0.305 e. The van der Waals surface area contributed by atoms with Gasteiger partial charge in [-0.05, 0) is 32.3 Å². The molecule has 0 aromatic heterocycles. The zero-order chi connectivity index (χ0) is 17.9. The molecular formula is C14H18ClFN2O4S2. The number of sulfone groups is 1. The Morgan fingerprint density at radius 1 is 1.29 bits per heavy atom. The smallest absolute Gasteiger partial charge is 0.243 e. The van der Waals surface area contributed by atoms with Gasteiger partial charge in [0.25, 0.3) is 0 Å². The molecule has 3 atom stereocenters. The Morgan fingerprint density at radius 2 is 1.96 bits per heavy atom. The summed E-state index contributed by atoms with van der Waals surface area (Å²) in [5.41, 5.74) is 0. The second-order valence-corrected chi connectivity index (χ2v) is 11.1. The van der Waals surface area contributed by atoms with Gasteiger partial charge >= 0.3 is 0 Å². The van der Waals surface area contributed by atoms with Crippen LogP contribution in [-0.2, 0) is 19.9 Å². The van der Waals surface area contributed by atoms with E-state index in [-0.39, 0.29) is 40.7 Å². The van der Waals surface area contributed by atoms with Crippen molar-refractivity contribution < 1.29 is 21.2 Å². The second kappa shape index (κ2) is 5.91. The number of hydrogen-bond acceptors (Lipinski definition) is 5. The van der Waals surface area contributed by atoms with E-state index in [1.807, 2.05) is 4.90 Å². The highest BCUT2D eigenvalue weighted by molar-refractivity contribution is 7.92. The van der Waals surface area contributed by atoms with E-state index < -0.39 is 30.9 Å². The van der Waals surface area contributed by atoms with Crippen LogP contribution in [0.1, 0.15) is 0 Å². The summed E-state index contributed by atoms with van der Waals surface area (Å²) in [6.45, 7) is 0.0543. The molecule has 6 nitrogen and oxygen atoms in total. The summed E-state index contributed by atoms with van der Waals surface area (Å²) in [7, 11) is -3.68. The predicted molar refractivity (Wildman–Crippen MR) is 88.7 cm³/mol. The molecule has 24 heavy (non-hydrogen) atoms. The molecule has 0 amide bonds. The van der Waals surface area contributed by atoms with Crippen LogP contribution < -0.4 is 0 Å². The van der Waals surface area contributed by atoms with E-state index in [1.54, 1.807) is 14.1 Å². The van der Waals surface area contributed by atoms with Crippen LogP contribution in [-0.4, -0.2) is 70.3 Å². The number of hydrogen-bond donors (Lipinski definition) is 0. The van der Waals surface area contributed by atoms with Gasteiger partial charge in [-0.15, -0.1) is 0 Å². The van der Waals surface area contributed by atoms with E-state index in [0.717, 1.165) is 18.2 Å². The van der Waals surface area contributed by atoms with Gasteiger partial charge in [-0.1, -0.05) is 11.6 Å². The standard InChI is InChI=1S/C14H18ClFN2O4S2/c1-17(2)13-8-23(19,20)14-7-18(6-10(13)14)24(21,22)9-3-4-12(16)11(15)5-9/h3-5,10,13-14H,6-8H2,1-2H3/t10-,13+,14-/m0/s1. The van der Waals surface area contributed by atoms with Gasteiger partial charge in [-0.2, -0.15) is 4.31 Å². The highest BCUT2D eigenvalue weighted by Gasteiger charge is 2.54. The lowest BCUT2D eigenvalue weighted by Crippen LogP contribution is -2.38. The van der Waals surface area contributed by atoms with E-state index in [1.165, 1.54) is 4.31 Å². The lowest BCUT2D eigenvalue weighted by Gasteiger charge is -2.24. The van der Waals surface area contributed by atoms with Gasteiger partial charge < -0.3 is 4.90 Å². The van der Waals surface area contributed by atoms with E-state index >= 15 is 0 Å². The van der Waals surface area contributed by atoms with Crippen LogP contribution >= 0.6 is 11.6 Å². The van der Waals surface area contributed by atoms with Crippen LogP contribution in [0.25, 0.3) is 0 Å². The summed E-state index contributed by atoms with van der Waals surface area (Å²) < 4.78 is 64.6. The van der Waals surface area contributed by atoms with Crippen molar-refractivity contribution in [1.29, 1.82) is 0 Å². The molecule has 0 unspecified atom stereocenters. The highest BCUT2D eigenvalue weighted by atomic mass is 35.5. The van der Waals surface area contributed by atoms with E-state index in [0.29, 0.717) is 0 Å². The number of rotatable bonds is 3. The molecule has 0 aliphatic carbocycles. The molecule has 2 aliphatic heterocycles. The molecule has 2 fully saturated rings. The number of sulfonamides is 1. The Labute approximate surface area is 146 Å². The molecular weight excluding hydrogens is 379 g/mol. The van der Waals surface area contributed by atoms with Crippen molar-refractivity contribution in [2.45, 2.75) is 16.2 Å². The fourth-order valence-corrected chi connectivity index (χ4v) is 7.86. The van der Waals surface area contributed by atoms with Crippen LogP contribution in [0, 0.1) is 11.7 Å². The van der Waals surface area contributed by atoms with Gasteiger partial charge in [0.1, 0.15) is 5.82 Å². The lowest BCUT2D eigenvalue weighted by molar-refractivity contribution is 0.249. The summed E-state index contributed by atoms with van der Waals surface area (Å²) in [4.78, 5) is 1.69. The number of fused-ring (bicyclic) bond motifs is 1. The van der Waals surface area contributed by atoms with Crippen molar-refractivity contribution in [1.82, 2.24) is 9.21 Å². The Kier molecular flexibility index (Phi) is 4.45. The van der Waals surface area contributed by atoms with Crippen molar-refractivity contribution >= 4 is 31.5 Å². The minimum atomic E-state index is -3.92. The van der Waals surface area contributed by atoms with Crippen molar-refractivity contribution in [2.75, 3.05) is 32.9 Å². The Balaban J connectivity index is 1.93. The summed E-state index contributed by atoms with van der Waals surface area (Å²) >= 11 is 5.67. The summed E-state index contributed by atoms with van der Waals surface area (Å²) in [5, 5.41) is -0.982. The van der Waals surface area contributed by atoms with Crippen LogP contribution in [0.4, 0.5) is 4.39 Å². The maximum Gasteiger partial charge on any atom is 0.243 e. The second-order valence-electron chi connectivity index (χ2n) is 6.46. The average molecular weight is 397 g/mol. The van der Waals surface area contributed by atoms with Crippen LogP contribution in [0.2, 0.25) is 5.02 Å². The molecule has 0 bridgehead atoms. The van der Waals surface area contributed by atoms with Gasteiger partial charge in [-0.3, -0.25) is 0 Å². The molecule has 1 aromatic rings. The molecule has 0 N–H and O–H groups in total. The third-order valence-corrected chi connectivity index (χ3v) is 9.17. The van der Waals surface area contributed by atoms with E-state index in [2.05, 4.69) is 0 Å². The lowest BCUT2D eigenvalue weighted by atomic mass is 10.00. The molecule has 0 saturated carbocycles. The number of nitrogens with zero attached hydrogens (tertiary/aromatic N) is 2. The minimum absolute atomic E-state index is 0.0472. The van der Waals surface area contributed by atoms with Crippen molar-refractivity contribution in [3.05, 3.63) is 29.0 Å². The Hall–Kier alpha value is -0.740. The van der Waals surface area contributed by atoms with E-state index in [4.69, 9.17) is 11.6 Å². The SMILES string of the molecule is CN(C)[C@@H]1CS(=O)(=O)[C@H]2CN(S(=O)(=O)c3ccc(F)c(Cl)c3)C[C@@H]12. The van der Waals surface area contributed by atoms with Crippen LogP contribution in [0.3, 0.4) is 0 Å². The summed E-state index contributed by atoms with van der Waals surface area (Å²) in [6.07, 6.45) is 0. The molecule has 134 valence electrons. The first-order valence-electron chi connectivity index (χ1n) is 7.37. The molecule has 10 heteroatoms. The van der Waals surface area contributed by atoms with Crippen molar-refractivity contribution in [3.8, 4) is 0 Å². The Morgan fingerprint density at radius 3 is 2.54 bits per heavy atom. The van der Waals surface area contributed by atoms with Crippen LogP contribution in [0.5, 0.6) is 0 Å². The zero-order valence-corrected chi connectivity index (χ0v) is 15.6. The monoisotopic (exact) mass is 396 g/mol. The third kappa shape index (κ3) is 2.86. The topological polar surface area (TPSA) is 74.8 Å². The zero-order valence-electron chi connectivity index (χ0n) is 13.2. The number of halogens is 2. The van der Waals surface area contributed by atoms with Gasteiger partial charge in [0, 0.05) is 25.0 Å². The first-order valence-corrected chi connectivity index (χ1v) is 10.9. The summed E-state index contributed by atoms with van der Waals surface area (Å²) in [5.74, 6) is -0.925. The molecule has 2 heterocycles. The molecule has 2 saturated heterocycles. The first kappa shape index (κ1) is 18.1. The fourth-order valence-electron chi connectivity index (χ4n) is 3.51. The molecule has 0 spiro atoms. The maximum atomic E-state index is 13.3. The predicted octanol–water partition coefficient (Wildman–Crippen LogP) is 0.827. The van der Waals surface area contributed by atoms with Gasteiger partial charge in [0.15, 0.2) is 9.84 Å². The van der Waals surface area contributed by atoms with Crippen molar-refractivity contribution in [2.24, 2.45) is 5.92 Å². The largest absolute Gasteiger partial charge is 0.305 e. The average Bonchev–Trinajstić information content (AvgIpc) is 3.02. The molecule has 2 aliphatic rings. The summed E-state index contributed by atoms with van der Waals surface area (Å²) in [6, 6.07) is 2.98. The fraction of sp³-hybridized carbons (Fsp3) is 0.571. The van der Waals surface area contributed by atoms with Crippen LogP contribution in [0.15, 0.2) is 23.1 Å². The number of benzene rings is 1. The quantitative estimate of drug-likeness (QED) is 0.756. The van der Waals surface area contributed by atoms with Crippen molar-refractivity contribution in [3.63, 3.8) is 0 Å².